The smallest absolute Gasteiger partial charge is 0.224 e. The van der Waals surface area contributed by atoms with Crippen molar-refractivity contribution in [2.24, 2.45) is 0 Å². The Bertz CT molecular complexity index is 527. The van der Waals surface area contributed by atoms with Crippen LogP contribution in [0.25, 0.3) is 0 Å². The summed E-state index contributed by atoms with van der Waals surface area (Å²) in [5.74, 6) is 3.61. The fourth-order valence-electron chi connectivity index (χ4n) is 2.42. The number of halogens is 2. The van der Waals surface area contributed by atoms with Gasteiger partial charge in [0.25, 0.3) is 0 Å². The maximum atomic E-state index is 9.76. The van der Waals surface area contributed by atoms with E-state index in [2.05, 4.69) is 47.7 Å². The highest BCUT2D eigenvalue weighted by Gasteiger charge is 2.32. The molecule has 0 saturated heterocycles. The number of hydrogen-bond acceptors (Lipinski definition) is 5. The maximum absolute atomic E-state index is 9.76. The second-order valence-corrected chi connectivity index (χ2v) is 6.85. The summed E-state index contributed by atoms with van der Waals surface area (Å²) < 4.78 is 0. The van der Waals surface area contributed by atoms with E-state index in [0.717, 1.165) is 25.7 Å². The lowest BCUT2D eigenvalue weighted by Crippen LogP contribution is -2.44. The van der Waals surface area contributed by atoms with E-state index < -0.39 is 0 Å². The predicted octanol–water partition coefficient (Wildman–Crippen LogP) is 4.66. The average molecular weight is 454 g/mol. The molecule has 0 amide bonds. The van der Waals surface area contributed by atoms with E-state index in [-0.39, 0.29) is 17.4 Å². The molecule has 0 radical (unpaired) electrons. The highest BCUT2D eigenvalue weighted by Crippen LogP contribution is 2.32. The lowest BCUT2D eigenvalue weighted by molar-refractivity contribution is 0.172. The third kappa shape index (κ3) is 5.76. The Labute approximate surface area is 153 Å². The Morgan fingerprint density at radius 3 is 2.68 bits per heavy atom. The molecule has 22 heavy (non-hydrogen) atoms. The molecule has 1 heterocycles. The predicted molar refractivity (Wildman–Crippen MR) is 103 cm³/mol. The molecule has 1 fully saturated rings. The highest BCUT2D eigenvalue weighted by molar-refractivity contribution is 14.2. The molecule has 2 rings (SSSR count). The van der Waals surface area contributed by atoms with Gasteiger partial charge in [-0.05, 0) is 44.5 Å². The van der Waals surface area contributed by atoms with E-state index in [4.69, 9.17) is 11.6 Å². The highest BCUT2D eigenvalue weighted by atomic mass is 127. The Balaban J connectivity index is 0.00000116. The summed E-state index contributed by atoms with van der Waals surface area (Å²) in [5, 5.41) is 16.2. The van der Waals surface area contributed by atoms with Crippen LogP contribution in [-0.2, 0) is 0 Å². The van der Waals surface area contributed by atoms with Gasteiger partial charge < -0.3 is 10.4 Å². The SMILES string of the molecule is CC.OCC1(Nc2nc(Cl)ncc2C#CSI)CCCCC1. The molecule has 0 bridgehead atoms. The van der Waals surface area contributed by atoms with Gasteiger partial charge in [0.2, 0.25) is 5.28 Å². The summed E-state index contributed by atoms with van der Waals surface area (Å²) in [4.78, 5) is 8.20. The molecule has 0 aromatic carbocycles. The van der Waals surface area contributed by atoms with E-state index in [0.29, 0.717) is 11.4 Å². The molecular formula is C15H21ClIN3OS. The van der Waals surface area contributed by atoms with Crippen LogP contribution in [0.5, 0.6) is 0 Å². The normalized spacial score (nSPS) is 15.9. The summed E-state index contributed by atoms with van der Waals surface area (Å²) in [6, 6.07) is 0. The molecule has 4 nitrogen and oxygen atoms in total. The maximum Gasteiger partial charge on any atom is 0.224 e. The zero-order chi connectivity index (χ0) is 16.4. The second-order valence-electron chi connectivity index (χ2n) is 4.83. The number of anilines is 1. The van der Waals surface area contributed by atoms with Crippen molar-refractivity contribution in [1.82, 2.24) is 9.97 Å². The van der Waals surface area contributed by atoms with Gasteiger partial charge in [0.05, 0.1) is 17.7 Å². The Morgan fingerprint density at radius 1 is 1.41 bits per heavy atom. The van der Waals surface area contributed by atoms with Crippen LogP contribution in [0.1, 0.15) is 51.5 Å². The monoisotopic (exact) mass is 453 g/mol. The van der Waals surface area contributed by atoms with E-state index in [9.17, 15) is 5.11 Å². The van der Waals surface area contributed by atoms with Crippen LogP contribution in [-0.4, -0.2) is 27.2 Å². The van der Waals surface area contributed by atoms with Crippen molar-refractivity contribution in [3.8, 4) is 11.2 Å². The number of rotatable bonds is 3. The Morgan fingerprint density at radius 2 is 2.09 bits per heavy atom. The van der Waals surface area contributed by atoms with Gasteiger partial charge in [-0.1, -0.05) is 33.1 Å². The number of hydrogen-bond donors (Lipinski definition) is 2. The minimum Gasteiger partial charge on any atom is -0.394 e. The van der Waals surface area contributed by atoms with Crippen LogP contribution >= 0.6 is 41.7 Å². The number of aliphatic hydroxyl groups excluding tert-OH is 1. The van der Waals surface area contributed by atoms with Crippen molar-refractivity contribution in [3.63, 3.8) is 0 Å². The van der Waals surface area contributed by atoms with Crippen LogP contribution in [0.15, 0.2) is 6.20 Å². The van der Waals surface area contributed by atoms with E-state index in [1.54, 1.807) is 6.20 Å². The van der Waals surface area contributed by atoms with Crippen molar-refractivity contribution in [1.29, 1.82) is 0 Å². The molecule has 1 aromatic heterocycles. The third-order valence-electron chi connectivity index (χ3n) is 3.48. The third-order valence-corrected chi connectivity index (χ3v) is 4.50. The molecule has 122 valence electrons. The first-order chi connectivity index (χ1) is 10.7. The van der Waals surface area contributed by atoms with Crippen LogP contribution in [0.4, 0.5) is 5.82 Å². The molecule has 1 aliphatic carbocycles. The number of aliphatic hydroxyl groups is 1. The van der Waals surface area contributed by atoms with Crippen molar-refractivity contribution < 1.29 is 5.11 Å². The van der Waals surface area contributed by atoms with Gasteiger partial charge in [-0.25, -0.2) is 4.98 Å². The number of nitrogens with one attached hydrogen (secondary N) is 1. The standard InChI is InChI=1S/C13H15ClIN3OS.C2H6/c14-12-16-8-10(4-7-20-15)11(17-12)18-13(9-19)5-2-1-3-6-13;1-2/h8,19H,1-3,5-6,9H2,(H,16,17,18);1-2H3. The summed E-state index contributed by atoms with van der Waals surface area (Å²) in [6.07, 6.45) is 6.91. The Hall–Kier alpha value is -0.230. The minimum absolute atomic E-state index is 0.0858. The number of aromatic nitrogens is 2. The molecule has 1 saturated carbocycles. The molecule has 0 spiro atoms. The van der Waals surface area contributed by atoms with Crippen LogP contribution in [0.3, 0.4) is 0 Å². The molecule has 7 heteroatoms. The molecular weight excluding hydrogens is 433 g/mol. The van der Waals surface area contributed by atoms with Gasteiger partial charge >= 0.3 is 0 Å². The quantitative estimate of drug-likeness (QED) is 0.396. The first-order valence-electron chi connectivity index (χ1n) is 7.39. The summed E-state index contributed by atoms with van der Waals surface area (Å²) >= 11 is 7.99. The van der Waals surface area contributed by atoms with Gasteiger partial charge in [0.1, 0.15) is 5.82 Å². The fraction of sp³-hybridized carbons (Fsp3) is 0.600. The molecule has 0 aliphatic heterocycles. The van der Waals surface area contributed by atoms with Crippen molar-refractivity contribution in [2.75, 3.05) is 11.9 Å². The average Bonchev–Trinajstić information content (AvgIpc) is 2.57. The minimum atomic E-state index is -0.316. The van der Waals surface area contributed by atoms with Gasteiger partial charge in [0.15, 0.2) is 0 Å². The molecule has 0 atom stereocenters. The van der Waals surface area contributed by atoms with Crippen LogP contribution < -0.4 is 5.32 Å². The van der Waals surface area contributed by atoms with Crippen molar-refractivity contribution >= 4 is 47.6 Å². The lowest BCUT2D eigenvalue weighted by Gasteiger charge is -2.37. The van der Waals surface area contributed by atoms with Gasteiger partial charge in [-0.2, -0.15) is 4.98 Å². The molecule has 2 N–H and O–H groups in total. The van der Waals surface area contributed by atoms with Gasteiger partial charge in [-0.15, -0.1) is 0 Å². The zero-order valence-electron chi connectivity index (χ0n) is 12.8. The van der Waals surface area contributed by atoms with Crippen molar-refractivity contribution in [3.05, 3.63) is 17.0 Å². The second kappa shape index (κ2) is 10.5. The van der Waals surface area contributed by atoms with Gasteiger partial charge in [-0.3, -0.25) is 0 Å². The van der Waals surface area contributed by atoms with E-state index in [1.165, 1.54) is 15.4 Å². The lowest BCUT2D eigenvalue weighted by atomic mass is 9.82. The molecule has 0 unspecified atom stereocenters. The van der Waals surface area contributed by atoms with Crippen molar-refractivity contribution in [2.45, 2.75) is 51.5 Å². The summed E-state index contributed by atoms with van der Waals surface area (Å²) in [6.45, 7) is 4.09. The number of nitrogens with zero attached hydrogens (tertiary/aromatic N) is 2. The first-order valence-corrected chi connectivity index (χ1v) is 11.1. The van der Waals surface area contributed by atoms with Crippen LogP contribution in [0, 0.1) is 11.2 Å². The first kappa shape index (κ1) is 19.8. The molecule has 1 aliphatic rings. The van der Waals surface area contributed by atoms with E-state index >= 15 is 0 Å². The topological polar surface area (TPSA) is 58.0 Å². The van der Waals surface area contributed by atoms with E-state index in [1.807, 2.05) is 13.8 Å². The van der Waals surface area contributed by atoms with Crippen LogP contribution in [0.2, 0.25) is 5.28 Å². The fourth-order valence-corrected chi connectivity index (χ4v) is 3.04. The Kier molecular flexibility index (Phi) is 9.48. The summed E-state index contributed by atoms with van der Waals surface area (Å²) in [7, 11) is 1.40. The largest absolute Gasteiger partial charge is 0.394 e. The zero-order valence-corrected chi connectivity index (χ0v) is 16.6. The molecule has 1 aromatic rings. The van der Waals surface area contributed by atoms with Gasteiger partial charge in [0, 0.05) is 27.4 Å². The summed E-state index contributed by atoms with van der Waals surface area (Å²) in [5.41, 5.74) is 0.390.